The standard InChI is InChI=1S/C12H9N5O2/c18-10(8-4-2-1-3-5-8)16-9-6-13-12-14-7-15-17(12)11(9)19/h1-7H,(H,16,18)(H,13,14,15). The summed E-state index contributed by atoms with van der Waals surface area (Å²) in [5, 5.41) is 5.15. The lowest BCUT2D eigenvalue weighted by molar-refractivity contribution is 0.102. The summed E-state index contributed by atoms with van der Waals surface area (Å²) in [6.07, 6.45) is 2.64. The number of H-pyrrole nitrogens is 1. The fraction of sp³-hybridized carbons (Fsp3) is 0. The molecule has 0 unspecified atom stereocenters. The molecular weight excluding hydrogens is 246 g/mol. The smallest absolute Gasteiger partial charge is 0.297 e. The molecule has 7 nitrogen and oxygen atoms in total. The van der Waals surface area contributed by atoms with Crippen LogP contribution in [0, 0.1) is 0 Å². The highest BCUT2D eigenvalue weighted by Gasteiger charge is 2.10. The van der Waals surface area contributed by atoms with Crippen LogP contribution in [0.5, 0.6) is 0 Å². The SMILES string of the molecule is O=C(Nc1cnc2nc[nH]n2c1=O)c1ccccc1. The van der Waals surface area contributed by atoms with Gasteiger partial charge >= 0.3 is 0 Å². The summed E-state index contributed by atoms with van der Waals surface area (Å²) in [5.41, 5.74) is 0.152. The van der Waals surface area contributed by atoms with Crippen LogP contribution in [-0.4, -0.2) is 25.5 Å². The van der Waals surface area contributed by atoms with E-state index in [2.05, 4.69) is 20.4 Å². The predicted molar refractivity (Wildman–Crippen MR) is 68.0 cm³/mol. The summed E-state index contributed by atoms with van der Waals surface area (Å²) >= 11 is 0. The molecule has 0 spiro atoms. The van der Waals surface area contributed by atoms with Crippen molar-refractivity contribution in [3.8, 4) is 0 Å². The second-order valence-corrected chi connectivity index (χ2v) is 3.82. The molecule has 0 fully saturated rings. The Bertz CT molecular complexity index is 790. The molecule has 2 heterocycles. The molecular formula is C12H9N5O2. The number of nitrogens with zero attached hydrogens (tertiary/aromatic N) is 3. The van der Waals surface area contributed by atoms with Crippen molar-refractivity contribution in [1.82, 2.24) is 19.6 Å². The van der Waals surface area contributed by atoms with E-state index in [1.807, 2.05) is 6.07 Å². The highest BCUT2D eigenvalue weighted by Crippen LogP contribution is 2.04. The Balaban J connectivity index is 1.96. The molecule has 2 N–H and O–H groups in total. The molecule has 0 saturated heterocycles. The first-order valence-corrected chi connectivity index (χ1v) is 5.53. The van der Waals surface area contributed by atoms with Crippen LogP contribution in [0.4, 0.5) is 5.69 Å². The number of anilines is 1. The van der Waals surface area contributed by atoms with E-state index in [9.17, 15) is 9.59 Å². The number of carbonyl (C=O) groups excluding carboxylic acids is 1. The molecule has 0 aliphatic rings. The van der Waals surface area contributed by atoms with Gasteiger partial charge in [-0.2, -0.15) is 4.52 Å². The summed E-state index contributed by atoms with van der Waals surface area (Å²) in [5.74, 6) is -0.110. The number of rotatable bonds is 2. The van der Waals surface area contributed by atoms with Crippen LogP contribution in [0.15, 0.2) is 47.7 Å². The molecule has 1 aromatic carbocycles. The van der Waals surface area contributed by atoms with Gasteiger partial charge in [-0.1, -0.05) is 18.2 Å². The normalized spacial score (nSPS) is 10.5. The zero-order valence-electron chi connectivity index (χ0n) is 9.70. The van der Waals surface area contributed by atoms with Crippen LogP contribution in [0.1, 0.15) is 10.4 Å². The van der Waals surface area contributed by atoms with Crippen molar-refractivity contribution in [3.63, 3.8) is 0 Å². The van der Waals surface area contributed by atoms with Crippen LogP contribution in [-0.2, 0) is 0 Å². The van der Waals surface area contributed by atoms with Crippen LogP contribution >= 0.6 is 0 Å². The number of fused-ring (bicyclic) bond motifs is 1. The van der Waals surface area contributed by atoms with Gasteiger partial charge < -0.3 is 5.32 Å². The van der Waals surface area contributed by atoms with Crippen LogP contribution in [0.3, 0.4) is 0 Å². The van der Waals surface area contributed by atoms with Crippen LogP contribution in [0.2, 0.25) is 0 Å². The maximum Gasteiger partial charge on any atom is 0.297 e. The average Bonchev–Trinajstić information content (AvgIpc) is 2.92. The summed E-state index contributed by atoms with van der Waals surface area (Å²) in [6, 6.07) is 8.63. The zero-order valence-corrected chi connectivity index (χ0v) is 9.70. The van der Waals surface area contributed by atoms with E-state index in [0.717, 1.165) is 4.52 Å². The van der Waals surface area contributed by atoms with Gasteiger partial charge in [-0.15, -0.1) is 0 Å². The summed E-state index contributed by atoms with van der Waals surface area (Å²) in [7, 11) is 0. The summed E-state index contributed by atoms with van der Waals surface area (Å²) in [6.45, 7) is 0. The van der Waals surface area contributed by atoms with E-state index in [4.69, 9.17) is 0 Å². The van der Waals surface area contributed by atoms with Crippen molar-refractivity contribution < 1.29 is 4.79 Å². The van der Waals surface area contributed by atoms with E-state index in [0.29, 0.717) is 5.56 Å². The molecule has 0 bridgehead atoms. The number of aromatic amines is 1. The van der Waals surface area contributed by atoms with E-state index < -0.39 is 5.56 Å². The topological polar surface area (TPSA) is 92.2 Å². The Kier molecular flexibility index (Phi) is 2.57. The first-order valence-electron chi connectivity index (χ1n) is 5.53. The first-order chi connectivity index (χ1) is 9.25. The van der Waals surface area contributed by atoms with E-state index in [-0.39, 0.29) is 17.4 Å². The number of hydrogen-bond acceptors (Lipinski definition) is 4. The molecule has 0 aliphatic heterocycles. The number of hydrogen-bond donors (Lipinski definition) is 2. The summed E-state index contributed by atoms with van der Waals surface area (Å²) in [4.78, 5) is 31.7. The van der Waals surface area contributed by atoms with Gasteiger partial charge in [0.25, 0.3) is 17.2 Å². The molecule has 19 heavy (non-hydrogen) atoms. The lowest BCUT2D eigenvalue weighted by atomic mass is 10.2. The van der Waals surface area contributed by atoms with Gasteiger partial charge in [0.1, 0.15) is 12.0 Å². The lowest BCUT2D eigenvalue weighted by Gasteiger charge is -2.03. The number of nitrogens with one attached hydrogen (secondary N) is 2. The second-order valence-electron chi connectivity index (χ2n) is 3.82. The average molecular weight is 255 g/mol. The molecule has 0 atom stereocenters. The van der Waals surface area contributed by atoms with Gasteiger partial charge in [0.05, 0.1) is 6.20 Å². The molecule has 0 radical (unpaired) electrons. The van der Waals surface area contributed by atoms with E-state index >= 15 is 0 Å². The number of carbonyl (C=O) groups is 1. The Morgan fingerprint density at radius 2 is 2.00 bits per heavy atom. The minimum Gasteiger partial charge on any atom is -0.316 e. The Morgan fingerprint density at radius 3 is 2.79 bits per heavy atom. The Hall–Kier alpha value is -2.96. The third kappa shape index (κ3) is 1.97. The monoisotopic (exact) mass is 255 g/mol. The maximum atomic E-state index is 12.0. The van der Waals surface area contributed by atoms with Crippen LogP contribution < -0.4 is 10.9 Å². The van der Waals surface area contributed by atoms with Gasteiger partial charge in [0.15, 0.2) is 0 Å². The molecule has 94 valence electrons. The van der Waals surface area contributed by atoms with Gasteiger partial charge in [0.2, 0.25) is 0 Å². The number of benzene rings is 1. The highest BCUT2D eigenvalue weighted by molar-refractivity contribution is 6.04. The molecule has 3 aromatic rings. The summed E-state index contributed by atoms with van der Waals surface area (Å²) < 4.78 is 1.15. The molecule has 3 rings (SSSR count). The third-order valence-electron chi connectivity index (χ3n) is 2.59. The van der Waals surface area contributed by atoms with Gasteiger partial charge in [-0.3, -0.25) is 14.7 Å². The van der Waals surface area contributed by atoms with Gasteiger partial charge in [-0.25, -0.2) is 9.97 Å². The Labute approximate surface area is 106 Å². The van der Waals surface area contributed by atoms with E-state index in [1.54, 1.807) is 24.3 Å². The first kappa shape index (κ1) is 11.1. The molecule has 7 heteroatoms. The van der Waals surface area contributed by atoms with Crippen molar-refractivity contribution in [1.29, 1.82) is 0 Å². The van der Waals surface area contributed by atoms with Gasteiger partial charge in [0, 0.05) is 5.56 Å². The maximum absolute atomic E-state index is 12.0. The molecule has 1 amide bonds. The van der Waals surface area contributed by atoms with Crippen molar-refractivity contribution in [3.05, 3.63) is 58.8 Å². The second kappa shape index (κ2) is 4.37. The lowest BCUT2D eigenvalue weighted by Crippen LogP contribution is -2.23. The minimum atomic E-state index is -0.410. The highest BCUT2D eigenvalue weighted by atomic mass is 16.2. The molecule has 2 aromatic heterocycles. The van der Waals surface area contributed by atoms with Crippen LogP contribution in [0.25, 0.3) is 5.78 Å². The van der Waals surface area contributed by atoms with Crippen molar-refractivity contribution >= 4 is 17.4 Å². The minimum absolute atomic E-state index is 0.0932. The van der Waals surface area contributed by atoms with Crippen molar-refractivity contribution in [2.75, 3.05) is 5.32 Å². The number of amides is 1. The fourth-order valence-electron chi connectivity index (χ4n) is 1.67. The quantitative estimate of drug-likeness (QED) is 0.704. The fourth-order valence-corrected chi connectivity index (χ4v) is 1.67. The predicted octanol–water partition coefficient (Wildman–Crippen LogP) is 0.670. The van der Waals surface area contributed by atoms with Gasteiger partial charge in [-0.05, 0) is 12.1 Å². The van der Waals surface area contributed by atoms with E-state index in [1.165, 1.54) is 12.5 Å². The third-order valence-corrected chi connectivity index (χ3v) is 2.59. The molecule has 0 aliphatic carbocycles. The van der Waals surface area contributed by atoms with Crippen molar-refractivity contribution in [2.45, 2.75) is 0 Å². The largest absolute Gasteiger partial charge is 0.316 e. The number of aromatic nitrogens is 4. The molecule has 0 saturated carbocycles. The Morgan fingerprint density at radius 1 is 1.21 bits per heavy atom. The zero-order chi connectivity index (χ0) is 13.2. The van der Waals surface area contributed by atoms with Crippen molar-refractivity contribution in [2.24, 2.45) is 0 Å².